The normalized spacial score (nSPS) is 17.7. The maximum Gasteiger partial charge on any atom is 0.0918 e. The number of methoxy groups -OCH3 is 1. The predicted molar refractivity (Wildman–Crippen MR) is 41.3 cm³/mol. The summed E-state index contributed by atoms with van der Waals surface area (Å²) in [5.74, 6) is 0. The van der Waals surface area contributed by atoms with Gasteiger partial charge in [-0.05, 0) is 6.42 Å². The zero-order valence-electron chi connectivity index (χ0n) is 6.21. The van der Waals surface area contributed by atoms with Gasteiger partial charge in [-0.3, -0.25) is 4.84 Å². The zero-order valence-corrected chi connectivity index (χ0v) is 7.02. The Morgan fingerprint density at radius 1 is 1.30 bits per heavy atom. The predicted octanol–water partition coefficient (Wildman–Crippen LogP) is 0.692. The Hall–Kier alpha value is 0.170. The molecular weight excluding hydrogens is 154 g/mol. The molecule has 1 fully saturated rings. The number of hydrogen-bond donors (Lipinski definition) is 0. The minimum Gasteiger partial charge on any atom is -0.382 e. The van der Waals surface area contributed by atoms with Crippen LogP contribution in [0.25, 0.3) is 0 Å². The highest BCUT2D eigenvalue weighted by atomic mass is 35.5. The fourth-order valence-electron chi connectivity index (χ4n) is 0.666. The second-order valence-corrected chi connectivity index (χ2v) is 2.11. The summed E-state index contributed by atoms with van der Waals surface area (Å²) in [6.07, 6.45) is 1.27. The molecule has 0 radical (unpaired) electrons. The molecule has 4 heteroatoms. The highest BCUT2D eigenvalue weighted by Crippen LogP contribution is 2.04. The van der Waals surface area contributed by atoms with Gasteiger partial charge in [0, 0.05) is 20.2 Å². The summed E-state index contributed by atoms with van der Waals surface area (Å²) in [7, 11) is 1.68. The van der Waals surface area contributed by atoms with Crippen molar-refractivity contribution in [3.05, 3.63) is 0 Å². The van der Waals surface area contributed by atoms with E-state index in [0.29, 0.717) is 13.2 Å². The third-order valence-electron chi connectivity index (χ3n) is 1.38. The Bertz CT molecular complexity index is 78.1. The average Bonchev–Trinajstić information content (AvgIpc) is 1.76. The second kappa shape index (κ2) is 5.92. The van der Waals surface area contributed by atoms with Crippen LogP contribution in [0.3, 0.4) is 0 Å². The topological polar surface area (TPSA) is 21.7 Å². The molecule has 1 saturated heterocycles. The van der Waals surface area contributed by atoms with Crippen LogP contribution in [-0.2, 0) is 9.57 Å². The van der Waals surface area contributed by atoms with Gasteiger partial charge < -0.3 is 4.74 Å². The number of hydroxylamine groups is 2. The van der Waals surface area contributed by atoms with Crippen molar-refractivity contribution in [2.75, 3.05) is 33.4 Å². The summed E-state index contributed by atoms with van der Waals surface area (Å²) >= 11 is 0. The monoisotopic (exact) mass is 167 g/mol. The van der Waals surface area contributed by atoms with Crippen LogP contribution >= 0.6 is 12.4 Å². The minimum atomic E-state index is 0. The molecule has 0 spiro atoms. The lowest BCUT2D eigenvalue weighted by molar-refractivity contribution is -0.202. The Morgan fingerprint density at radius 3 is 2.40 bits per heavy atom. The van der Waals surface area contributed by atoms with E-state index >= 15 is 0 Å². The summed E-state index contributed by atoms with van der Waals surface area (Å²) in [6, 6.07) is 0. The van der Waals surface area contributed by atoms with Crippen molar-refractivity contribution in [2.24, 2.45) is 0 Å². The van der Waals surface area contributed by atoms with Gasteiger partial charge in [0.2, 0.25) is 0 Å². The van der Waals surface area contributed by atoms with Crippen molar-refractivity contribution in [3.8, 4) is 0 Å². The number of rotatable bonds is 4. The van der Waals surface area contributed by atoms with E-state index < -0.39 is 0 Å². The Labute approximate surface area is 67.7 Å². The molecule has 0 aromatic heterocycles. The fourth-order valence-corrected chi connectivity index (χ4v) is 0.666. The first-order chi connectivity index (χ1) is 4.43. The van der Waals surface area contributed by atoms with E-state index in [1.54, 1.807) is 7.11 Å². The molecule has 0 bridgehead atoms. The minimum absolute atomic E-state index is 0. The molecular formula is C6H14ClNO2. The van der Waals surface area contributed by atoms with Gasteiger partial charge in [-0.15, -0.1) is 12.4 Å². The first-order valence-electron chi connectivity index (χ1n) is 3.30. The maximum atomic E-state index is 5.23. The Morgan fingerprint density at radius 2 is 2.00 bits per heavy atom. The molecule has 1 aliphatic rings. The van der Waals surface area contributed by atoms with Crippen LogP contribution in [0.5, 0.6) is 0 Å². The lowest BCUT2D eigenvalue weighted by Gasteiger charge is -2.29. The molecule has 0 atom stereocenters. The van der Waals surface area contributed by atoms with E-state index in [1.807, 2.05) is 5.06 Å². The Balaban J connectivity index is 0.000000810. The number of halogens is 1. The molecule has 62 valence electrons. The Kier molecular flexibility index (Phi) is 6.02. The third kappa shape index (κ3) is 3.37. The molecule has 0 saturated carbocycles. The molecule has 0 amide bonds. The lowest BCUT2D eigenvalue weighted by Crippen LogP contribution is -2.37. The smallest absolute Gasteiger partial charge is 0.0918 e. The van der Waals surface area contributed by atoms with E-state index in [2.05, 4.69) is 0 Å². The molecule has 3 nitrogen and oxygen atoms in total. The molecule has 10 heavy (non-hydrogen) atoms. The van der Waals surface area contributed by atoms with Gasteiger partial charge in [-0.25, -0.2) is 0 Å². The van der Waals surface area contributed by atoms with Crippen LogP contribution in [0.2, 0.25) is 0 Å². The van der Waals surface area contributed by atoms with E-state index in [0.717, 1.165) is 13.1 Å². The van der Waals surface area contributed by atoms with E-state index in [9.17, 15) is 0 Å². The zero-order chi connectivity index (χ0) is 6.53. The quantitative estimate of drug-likeness (QED) is 0.576. The van der Waals surface area contributed by atoms with Gasteiger partial charge in [-0.2, -0.15) is 5.06 Å². The van der Waals surface area contributed by atoms with Crippen LogP contribution in [0.1, 0.15) is 6.42 Å². The lowest BCUT2D eigenvalue weighted by atomic mass is 10.3. The third-order valence-corrected chi connectivity index (χ3v) is 1.38. The summed E-state index contributed by atoms with van der Waals surface area (Å²) in [6.45, 7) is 3.56. The van der Waals surface area contributed by atoms with Gasteiger partial charge in [0.25, 0.3) is 0 Å². The van der Waals surface area contributed by atoms with Crippen molar-refractivity contribution in [3.63, 3.8) is 0 Å². The van der Waals surface area contributed by atoms with E-state index in [1.165, 1.54) is 6.42 Å². The van der Waals surface area contributed by atoms with Gasteiger partial charge in [0.05, 0.1) is 13.2 Å². The first-order valence-corrected chi connectivity index (χ1v) is 3.30. The largest absolute Gasteiger partial charge is 0.382 e. The van der Waals surface area contributed by atoms with Gasteiger partial charge >= 0.3 is 0 Å². The summed E-state index contributed by atoms with van der Waals surface area (Å²) in [5, 5.41) is 1.96. The van der Waals surface area contributed by atoms with E-state index in [4.69, 9.17) is 9.57 Å². The number of ether oxygens (including phenoxy) is 1. The van der Waals surface area contributed by atoms with Gasteiger partial charge in [0.15, 0.2) is 0 Å². The highest BCUT2D eigenvalue weighted by Gasteiger charge is 2.12. The molecule has 1 heterocycles. The van der Waals surface area contributed by atoms with Gasteiger partial charge in [-0.1, -0.05) is 0 Å². The molecule has 1 aliphatic heterocycles. The van der Waals surface area contributed by atoms with Crippen molar-refractivity contribution in [1.82, 2.24) is 5.06 Å². The highest BCUT2D eigenvalue weighted by molar-refractivity contribution is 5.85. The van der Waals surface area contributed by atoms with E-state index in [-0.39, 0.29) is 12.4 Å². The average molecular weight is 168 g/mol. The fraction of sp³-hybridized carbons (Fsp3) is 1.00. The summed E-state index contributed by atoms with van der Waals surface area (Å²) in [5.41, 5.74) is 0. The first kappa shape index (κ1) is 10.2. The summed E-state index contributed by atoms with van der Waals surface area (Å²) < 4.78 is 4.81. The summed E-state index contributed by atoms with van der Waals surface area (Å²) in [4.78, 5) is 5.23. The van der Waals surface area contributed by atoms with Crippen LogP contribution in [0.4, 0.5) is 0 Å². The van der Waals surface area contributed by atoms with Crippen molar-refractivity contribution in [1.29, 1.82) is 0 Å². The molecule has 1 rings (SSSR count). The molecule has 0 unspecified atom stereocenters. The van der Waals surface area contributed by atoms with Crippen LogP contribution in [0.15, 0.2) is 0 Å². The molecule has 0 aromatic rings. The number of hydrogen-bond acceptors (Lipinski definition) is 3. The molecule has 0 N–H and O–H groups in total. The van der Waals surface area contributed by atoms with Crippen molar-refractivity contribution in [2.45, 2.75) is 6.42 Å². The molecule has 0 aliphatic carbocycles. The SMILES string of the molecule is COCCON1CCC1.Cl. The standard InChI is InChI=1S/C6H13NO2.ClH/c1-8-5-6-9-7-3-2-4-7;/h2-6H2,1H3;1H. The maximum absolute atomic E-state index is 5.23. The van der Waals surface area contributed by atoms with Crippen LogP contribution in [-0.4, -0.2) is 38.5 Å². The van der Waals surface area contributed by atoms with Crippen molar-refractivity contribution < 1.29 is 9.57 Å². The number of nitrogens with zero attached hydrogens (tertiary/aromatic N) is 1. The molecule has 0 aromatic carbocycles. The van der Waals surface area contributed by atoms with Crippen LogP contribution < -0.4 is 0 Å². The second-order valence-electron chi connectivity index (χ2n) is 2.11. The van der Waals surface area contributed by atoms with Gasteiger partial charge in [0.1, 0.15) is 0 Å². The van der Waals surface area contributed by atoms with Crippen molar-refractivity contribution >= 4 is 12.4 Å². The van der Waals surface area contributed by atoms with Crippen LogP contribution in [0, 0.1) is 0 Å².